The lowest BCUT2D eigenvalue weighted by Gasteiger charge is -2.52. The van der Waals surface area contributed by atoms with Crippen LogP contribution in [0.5, 0.6) is 0 Å². The lowest BCUT2D eigenvalue weighted by Crippen LogP contribution is -2.71. The Bertz CT molecular complexity index is 388. The Morgan fingerprint density at radius 3 is 2.25 bits per heavy atom. The van der Waals surface area contributed by atoms with Gasteiger partial charge in [0.05, 0.1) is 6.07 Å². The van der Waals surface area contributed by atoms with E-state index in [1.807, 2.05) is 0 Å². The van der Waals surface area contributed by atoms with Gasteiger partial charge in [-0.25, -0.2) is 0 Å². The smallest absolute Gasteiger partial charge is 0.378 e. The van der Waals surface area contributed by atoms with Crippen molar-refractivity contribution in [3.63, 3.8) is 0 Å². The van der Waals surface area contributed by atoms with Gasteiger partial charge in [0, 0.05) is 25.6 Å². The summed E-state index contributed by atoms with van der Waals surface area (Å²) in [5, 5.41) is 18.4. The number of rotatable bonds is 3. The molecule has 1 N–H and O–H groups in total. The first-order valence-electron chi connectivity index (χ1n) is 7.15. The summed E-state index contributed by atoms with van der Waals surface area (Å²) in [6, 6.07) is 2.35. The molecule has 0 unspecified atom stereocenters. The Morgan fingerprint density at radius 2 is 1.85 bits per heavy atom. The molecule has 0 aromatic heterocycles. The van der Waals surface area contributed by atoms with Gasteiger partial charge in [0.1, 0.15) is 0 Å². The van der Waals surface area contributed by atoms with E-state index in [1.54, 1.807) is 4.90 Å². The zero-order valence-corrected chi connectivity index (χ0v) is 11.7. The van der Waals surface area contributed by atoms with Crippen molar-refractivity contribution >= 4 is 0 Å². The summed E-state index contributed by atoms with van der Waals surface area (Å²) < 4.78 is 37.8. The first-order valence-corrected chi connectivity index (χ1v) is 7.15. The van der Waals surface area contributed by atoms with Crippen molar-refractivity contribution in [2.24, 2.45) is 5.41 Å². The van der Waals surface area contributed by atoms with Crippen molar-refractivity contribution in [2.75, 3.05) is 13.1 Å². The number of likely N-dealkylation sites (tertiary alicyclic amines) is 1. The second-order valence-electron chi connectivity index (χ2n) is 6.35. The molecule has 2 fully saturated rings. The largest absolute Gasteiger partial charge is 0.419 e. The van der Waals surface area contributed by atoms with Crippen molar-refractivity contribution < 1.29 is 18.3 Å². The van der Waals surface area contributed by atoms with Gasteiger partial charge < -0.3 is 5.11 Å². The second-order valence-corrected chi connectivity index (χ2v) is 6.35. The molecule has 1 saturated carbocycles. The maximum atomic E-state index is 12.6. The molecule has 0 aromatic rings. The fraction of sp³-hybridized carbons (Fsp3) is 0.929. The maximum absolute atomic E-state index is 12.6. The second kappa shape index (κ2) is 5.19. The molecule has 0 aromatic carbocycles. The fourth-order valence-electron chi connectivity index (χ4n) is 3.47. The molecule has 1 aliphatic carbocycles. The van der Waals surface area contributed by atoms with Gasteiger partial charge in [0.25, 0.3) is 0 Å². The highest BCUT2D eigenvalue weighted by atomic mass is 19.4. The first kappa shape index (κ1) is 15.6. The number of nitrogens with zero attached hydrogens (tertiary/aromatic N) is 2. The molecule has 0 amide bonds. The summed E-state index contributed by atoms with van der Waals surface area (Å²) >= 11 is 0. The van der Waals surface area contributed by atoms with Crippen LogP contribution in [0.2, 0.25) is 0 Å². The summed E-state index contributed by atoms with van der Waals surface area (Å²) in [5.74, 6) is 0. The predicted molar refractivity (Wildman–Crippen MR) is 67.8 cm³/mol. The van der Waals surface area contributed by atoms with Crippen LogP contribution in [0.1, 0.15) is 45.4 Å². The molecule has 1 saturated heterocycles. The number of β-amino-alcohol motifs (C(OH)–C–C–N with tert-alkyl or cyclic N) is 1. The lowest BCUT2D eigenvalue weighted by atomic mass is 9.68. The number of aliphatic hydroxyl groups is 1. The number of halogens is 3. The van der Waals surface area contributed by atoms with Crippen molar-refractivity contribution in [3.05, 3.63) is 0 Å². The van der Waals surface area contributed by atoms with Gasteiger partial charge in [-0.05, 0) is 37.5 Å². The summed E-state index contributed by atoms with van der Waals surface area (Å²) in [6.45, 7) is 1.46. The van der Waals surface area contributed by atoms with E-state index in [0.29, 0.717) is 6.42 Å². The molecule has 6 heteroatoms. The minimum atomic E-state index is -4.54. The van der Waals surface area contributed by atoms with Crippen LogP contribution in [0.4, 0.5) is 13.2 Å². The lowest BCUT2D eigenvalue weighted by molar-refractivity contribution is -0.307. The highest BCUT2D eigenvalue weighted by molar-refractivity contribution is 5.04. The van der Waals surface area contributed by atoms with Crippen molar-refractivity contribution in [2.45, 2.75) is 63.3 Å². The van der Waals surface area contributed by atoms with Gasteiger partial charge in [-0.15, -0.1) is 0 Å². The van der Waals surface area contributed by atoms with E-state index in [2.05, 4.69) is 13.0 Å². The van der Waals surface area contributed by atoms with Gasteiger partial charge in [-0.2, -0.15) is 18.4 Å². The zero-order chi connectivity index (χ0) is 15.0. The normalized spacial score (nSPS) is 34.3. The van der Waals surface area contributed by atoms with Crippen LogP contribution in [0, 0.1) is 16.7 Å². The summed E-state index contributed by atoms with van der Waals surface area (Å²) in [6.07, 6.45) is 0.368. The molecule has 0 bridgehead atoms. The first-order chi connectivity index (χ1) is 9.25. The van der Waals surface area contributed by atoms with Gasteiger partial charge in [0.2, 0.25) is 0 Å². The molecule has 0 atom stereocenters. The van der Waals surface area contributed by atoms with Crippen LogP contribution >= 0.6 is 0 Å². The standard InChI is InChI=1S/C14H21F3N2O/c1-2-12(7-8-18)5-3-11(4-6-12)19-9-13(20,10-19)14(15,16)17/h11,20H,2-7,9-10H2,1H3/t11-,12+. The van der Waals surface area contributed by atoms with Crippen LogP contribution in [0.25, 0.3) is 0 Å². The molecular weight excluding hydrogens is 269 g/mol. The molecule has 0 radical (unpaired) electrons. The molecule has 2 rings (SSSR count). The van der Waals surface area contributed by atoms with Crippen molar-refractivity contribution in [1.82, 2.24) is 4.90 Å². The minimum Gasteiger partial charge on any atom is -0.378 e. The van der Waals surface area contributed by atoms with E-state index >= 15 is 0 Å². The van der Waals surface area contributed by atoms with Crippen LogP contribution in [0.3, 0.4) is 0 Å². The van der Waals surface area contributed by atoms with E-state index in [4.69, 9.17) is 5.26 Å². The summed E-state index contributed by atoms with van der Waals surface area (Å²) in [5.41, 5.74) is -2.46. The fourth-order valence-corrected chi connectivity index (χ4v) is 3.47. The summed E-state index contributed by atoms with van der Waals surface area (Å²) in [7, 11) is 0. The highest BCUT2D eigenvalue weighted by Gasteiger charge is 2.62. The Morgan fingerprint density at radius 1 is 1.30 bits per heavy atom. The van der Waals surface area contributed by atoms with Gasteiger partial charge in [0.15, 0.2) is 5.60 Å². The maximum Gasteiger partial charge on any atom is 0.419 e. The Hall–Kier alpha value is -0.800. The Balaban J connectivity index is 1.87. The van der Waals surface area contributed by atoms with Crippen LogP contribution < -0.4 is 0 Å². The Kier molecular flexibility index (Phi) is 4.05. The van der Waals surface area contributed by atoms with Crippen molar-refractivity contribution in [1.29, 1.82) is 5.26 Å². The quantitative estimate of drug-likeness (QED) is 0.869. The zero-order valence-electron chi connectivity index (χ0n) is 11.7. The van der Waals surface area contributed by atoms with E-state index in [9.17, 15) is 18.3 Å². The van der Waals surface area contributed by atoms with Crippen LogP contribution in [0.15, 0.2) is 0 Å². The van der Waals surface area contributed by atoms with Gasteiger partial charge in [-0.1, -0.05) is 6.92 Å². The van der Waals surface area contributed by atoms with Gasteiger partial charge >= 0.3 is 6.18 Å². The van der Waals surface area contributed by atoms with E-state index in [-0.39, 0.29) is 24.5 Å². The van der Waals surface area contributed by atoms with Crippen LogP contribution in [-0.2, 0) is 0 Å². The van der Waals surface area contributed by atoms with E-state index in [0.717, 1.165) is 32.1 Å². The van der Waals surface area contributed by atoms with Crippen molar-refractivity contribution in [3.8, 4) is 6.07 Å². The molecule has 1 aliphatic heterocycles. The Labute approximate surface area is 117 Å². The third-order valence-corrected chi connectivity index (χ3v) is 5.19. The average molecular weight is 290 g/mol. The highest BCUT2D eigenvalue weighted by Crippen LogP contribution is 2.46. The minimum absolute atomic E-state index is 0.0520. The monoisotopic (exact) mass is 290 g/mol. The number of alkyl halides is 3. The number of hydrogen-bond donors (Lipinski definition) is 1. The van der Waals surface area contributed by atoms with Gasteiger partial charge in [-0.3, -0.25) is 4.90 Å². The molecule has 2 aliphatic rings. The topological polar surface area (TPSA) is 47.3 Å². The molecule has 20 heavy (non-hydrogen) atoms. The SMILES string of the molecule is CC[C@]1(CC#N)CC[C@@H](N2CC(O)(C(F)(F)F)C2)CC1. The molecule has 0 spiro atoms. The third-order valence-electron chi connectivity index (χ3n) is 5.19. The summed E-state index contributed by atoms with van der Waals surface area (Å²) in [4.78, 5) is 1.74. The molecule has 114 valence electrons. The van der Waals surface area contributed by atoms with E-state index in [1.165, 1.54) is 0 Å². The average Bonchev–Trinajstić information content (AvgIpc) is 2.35. The molecular formula is C14H21F3N2O. The number of hydrogen-bond acceptors (Lipinski definition) is 3. The predicted octanol–water partition coefficient (Wildman–Crippen LogP) is 2.85. The third kappa shape index (κ3) is 2.66. The van der Waals surface area contributed by atoms with Crippen LogP contribution in [-0.4, -0.2) is 40.9 Å². The molecule has 3 nitrogen and oxygen atoms in total. The molecule has 1 heterocycles. The number of nitriles is 1. The van der Waals surface area contributed by atoms with E-state index < -0.39 is 11.8 Å².